The number of ether oxygens (including phenoxy) is 1. The summed E-state index contributed by atoms with van der Waals surface area (Å²) in [5, 5.41) is 0. The van der Waals surface area contributed by atoms with E-state index in [0.717, 1.165) is 29.0 Å². The maximum absolute atomic E-state index is 6.72. The molecule has 1 saturated carbocycles. The quantitative estimate of drug-likeness (QED) is 0.905. The van der Waals surface area contributed by atoms with Crippen LogP contribution in [0, 0.1) is 11.8 Å². The lowest BCUT2D eigenvalue weighted by atomic mass is 9.68. The molecule has 1 aliphatic carbocycles. The van der Waals surface area contributed by atoms with Gasteiger partial charge in [-0.3, -0.25) is 0 Å². The molecular formula is C16H24BrNO. The molecule has 106 valence electrons. The average molecular weight is 326 g/mol. The van der Waals surface area contributed by atoms with E-state index in [-0.39, 0.29) is 5.54 Å². The summed E-state index contributed by atoms with van der Waals surface area (Å²) in [5.74, 6) is 2.20. The van der Waals surface area contributed by atoms with E-state index in [1.165, 1.54) is 18.4 Å². The van der Waals surface area contributed by atoms with Gasteiger partial charge in [-0.15, -0.1) is 0 Å². The first kappa shape index (κ1) is 14.9. The van der Waals surface area contributed by atoms with Crippen molar-refractivity contribution in [2.24, 2.45) is 17.6 Å². The first-order valence-electron chi connectivity index (χ1n) is 7.06. The fraction of sp³-hybridized carbons (Fsp3) is 0.625. The van der Waals surface area contributed by atoms with Gasteiger partial charge in [-0.05, 0) is 54.9 Å². The van der Waals surface area contributed by atoms with E-state index in [4.69, 9.17) is 10.5 Å². The first-order valence-corrected chi connectivity index (χ1v) is 7.85. The van der Waals surface area contributed by atoms with Crippen LogP contribution in [0.1, 0.15) is 38.7 Å². The summed E-state index contributed by atoms with van der Waals surface area (Å²) in [7, 11) is 1.70. The summed E-state index contributed by atoms with van der Waals surface area (Å²) < 4.78 is 6.45. The molecule has 2 N–H and O–H groups in total. The number of benzene rings is 1. The van der Waals surface area contributed by atoms with Crippen LogP contribution in [0.4, 0.5) is 0 Å². The molecule has 0 aromatic heterocycles. The fourth-order valence-corrected chi connectivity index (χ4v) is 3.58. The summed E-state index contributed by atoms with van der Waals surface area (Å²) in [5.41, 5.74) is 7.89. The molecule has 0 radical (unpaired) electrons. The van der Waals surface area contributed by atoms with Crippen molar-refractivity contribution in [1.29, 1.82) is 0 Å². The van der Waals surface area contributed by atoms with Crippen molar-refractivity contribution in [3.63, 3.8) is 0 Å². The Labute approximate surface area is 124 Å². The highest BCUT2D eigenvalue weighted by atomic mass is 79.9. The van der Waals surface area contributed by atoms with Crippen molar-refractivity contribution in [3.8, 4) is 5.75 Å². The molecule has 1 aromatic rings. The van der Waals surface area contributed by atoms with Crippen LogP contribution in [0.15, 0.2) is 22.7 Å². The van der Waals surface area contributed by atoms with E-state index < -0.39 is 0 Å². The molecule has 0 bridgehead atoms. The Kier molecular flexibility index (Phi) is 4.57. The topological polar surface area (TPSA) is 35.2 Å². The van der Waals surface area contributed by atoms with Gasteiger partial charge in [0.05, 0.1) is 7.11 Å². The Morgan fingerprint density at radius 3 is 2.79 bits per heavy atom. The average Bonchev–Trinajstić information content (AvgIpc) is 2.37. The summed E-state index contributed by atoms with van der Waals surface area (Å²) in [6, 6.07) is 6.13. The second-order valence-corrected chi connectivity index (χ2v) is 7.01. The number of halogens is 1. The van der Waals surface area contributed by atoms with Gasteiger partial charge in [-0.25, -0.2) is 0 Å². The van der Waals surface area contributed by atoms with Gasteiger partial charge in [0.1, 0.15) is 5.75 Å². The van der Waals surface area contributed by atoms with Crippen LogP contribution in [0.25, 0.3) is 0 Å². The van der Waals surface area contributed by atoms with Crippen LogP contribution in [0.3, 0.4) is 0 Å². The van der Waals surface area contributed by atoms with Crippen molar-refractivity contribution in [1.82, 2.24) is 0 Å². The SMILES string of the molecule is COc1ccc(Br)c(CC2(N)CC(C)CCC2C)c1. The van der Waals surface area contributed by atoms with E-state index in [9.17, 15) is 0 Å². The van der Waals surface area contributed by atoms with Gasteiger partial charge in [0.15, 0.2) is 0 Å². The highest BCUT2D eigenvalue weighted by Gasteiger charge is 2.37. The molecule has 1 aromatic carbocycles. The first-order chi connectivity index (χ1) is 8.94. The molecule has 3 unspecified atom stereocenters. The van der Waals surface area contributed by atoms with Crippen LogP contribution in [0.2, 0.25) is 0 Å². The summed E-state index contributed by atoms with van der Waals surface area (Å²) in [4.78, 5) is 0. The Hall–Kier alpha value is -0.540. The normalized spacial score (nSPS) is 31.2. The maximum Gasteiger partial charge on any atom is 0.119 e. The van der Waals surface area contributed by atoms with Gasteiger partial charge < -0.3 is 10.5 Å². The standard InChI is InChI=1S/C16H24BrNO/c1-11-4-5-12(2)16(18,9-11)10-13-8-14(19-3)6-7-15(13)17/h6-8,11-12H,4-5,9-10,18H2,1-3H3. The van der Waals surface area contributed by atoms with Gasteiger partial charge in [-0.2, -0.15) is 0 Å². The molecule has 0 aliphatic heterocycles. The summed E-state index contributed by atoms with van der Waals surface area (Å²) >= 11 is 3.63. The molecule has 0 saturated heterocycles. The minimum Gasteiger partial charge on any atom is -0.497 e. The lowest BCUT2D eigenvalue weighted by Crippen LogP contribution is -2.51. The Balaban J connectivity index is 2.23. The van der Waals surface area contributed by atoms with Crippen molar-refractivity contribution >= 4 is 15.9 Å². The van der Waals surface area contributed by atoms with Crippen molar-refractivity contribution < 1.29 is 4.74 Å². The van der Waals surface area contributed by atoms with Crippen LogP contribution in [-0.2, 0) is 6.42 Å². The Morgan fingerprint density at radius 1 is 1.37 bits per heavy atom. The maximum atomic E-state index is 6.72. The van der Waals surface area contributed by atoms with E-state index >= 15 is 0 Å². The van der Waals surface area contributed by atoms with Crippen LogP contribution >= 0.6 is 15.9 Å². The summed E-state index contributed by atoms with van der Waals surface area (Å²) in [6.07, 6.45) is 4.56. The monoisotopic (exact) mass is 325 g/mol. The molecule has 19 heavy (non-hydrogen) atoms. The molecule has 2 nitrogen and oxygen atoms in total. The molecular weight excluding hydrogens is 302 g/mol. The zero-order valence-corrected chi connectivity index (χ0v) is 13.7. The molecule has 3 atom stereocenters. The molecule has 0 amide bonds. The van der Waals surface area contributed by atoms with Crippen LogP contribution in [0.5, 0.6) is 5.75 Å². The lowest BCUT2D eigenvalue weighted by Gasteiger charge is -2.42. The second kappa shape index (κ2) is 5.84. The van der Waals surface area contributed by atoms with Crippen LogP contribution < -0.4 is 10.5 Å². The zero-order chi connectivity index (χ0) is 14.0. The Bertz CT molecular complexity index is 448. The number of methoxy groups -OCH3 is 1. The predicted molar refractivity (Wildman–Crippen MR) is 83.5 cm³/mol. The van der Waals surface area contributed by atoms with Crippen molar-refractivity contribution in [3.05, 3.63) is 28.2 Å². The van der Waals surface area contributed by atoms with E-state index in [0.29, 0.717) is 5.92 Å². The van der Waals surface area contributed by atoms with Crippen molar-refractivity contribution in [2.45, 2.75) is 45.1 Å². The second-order valence-electron chi connectivity index (χ2n) is 6.15. The third-order valence-electron chi connectivity index (χ3n) is 4.57. The van der Waals surface area contributed by atoms with Gasteiger partial charge in [0, 0.05) is 10.0 Å². The number of hydrogen-bond acceptors (Lipinski definition) is 2. The van der Waals surface area contributed by atoms with Crippen molar-refractivity contribution in [2.75, 3.05) is 7.11 Å². The molecule has 0 heterocycles. The van der Waals surface area contributed by atoms with Crippen LogP contribution in [-0.4, -0.2) is 12.6 Å². The third kappa shape index (κ3) is 3.32. The molecule has 1 fully saturated rings. The highest BCUT2D eigenvalue weighted by molar-refractivity contribution is 9.10. The van der Waals surface area contributed by atoms with Gasteiger partial charge >= 0.3 is 0 Å². The molecule has 0 spiro atoms. The minimum absolute atomic E-state index is 0.0907. The van der Waals surface area contributed by atoms with Gasteiger partial charge in [-0.1, -0.05) is 36.2 Å². The predicted octanol–water partition coefficient (Wildman–Crippen LogP) is 4.15. The van der Waals surface area contributed by atoms with E-state index in [1.54, 1.807) is 7.11 Å². The minimum atomic E-state index is -0.0907. The molecule has 1 aliphatic rings. The lowest BCUT2D eigenvalue weighted by molar-refractivity contribution is 0.161. The zero-order valence-electron chi connectivity index (χ0n) is 12.1. The number of nitrogens with two attached hydrogens (primary N) is 1. The smallest absolute Gasteiger partial charge is 0.119 e. The van der Waals surface area contributed by atoms with Gasteiger partial charge in [0.2, 0.25) is 0 Å². The van der Waals surface area contributed by atoms with E-state index in [1.807, 2.05) is 6.07 Å². The largest absolute Gasteiger partial charge is 0.497 e. The molecule has 3 heteroatoms. The highest BCUT2D eigenvalue weighted by Crippen LogP contribution is 2.38. The van der Waals surface area contributed by atoms with Gasteiger partial charge in [0.25, 0.3) is 0 Å². The summed E-state index contributed by atoms with van der Waals surface area (Å²) in [6.45, 7) is 4.61. The number of hydrogen-bond donors (Lipinski definition) is 1. The van der Waals surface area contributed by atoms with E-state index in [2.05, 4.69) is 41.9 Å². The molecule has 2 rings (SSSR count). The Morgan fingerprint density at radius 2 is 2.11 bits per heavy atom. The third-order valence-corrected chi connectivity index (χ3v) is 5.35. The number of rotatable bonds is 3. The fourth-order valence-electron chi connectivity index (χ4n) is 3.19.